The Bertz CT molecular complexity index is 659. The lowest BCUT2D eigenvalue weighted by Crippen LogP contribution is -2.10. The van der Waals surface area contributed by atoms with E-state index in [4.69, 9.17) is 14.4 Å². The zero-order valence-corrected chi connectivity index (χ0v) is 13.0. The topological polar surface area (TPSA) is 72.6 Å². The average Bonchev–Trinajstić information content (AvgIpc) is 3.06. The van der Waals surface area contributed by atoms with Gasteiger partial charge in [-0.15, -0.1) is 0 Å². The van der Waals surface area contributed by atoms with E-state index in [0.717, 1.165) is 17.9 Å². The Balaban J connectivity index is 1.66. The maximum absolute atomic E-state index is 10.9. The molecular weight excluding hydrogens is 294 g/mol. The fourth-order valence-corrected chi connectivity index (χ4v) is 3.11. The summed E-state index contributed by atoms with van der Waals surface area (Å²) in [6.07, 6.45) is 7.68. The van der Waals surface area contributed by atoms with Gasteiger partial charge in [-0.25, -0.2) is 4.79 Å². The summed E-state index contributed by atoms with van der Waals surface area (Å²) in [4.78, 5) is 10.9. The number of carboxylic acid groups (broad SMARTS) is 1. The van der Waals surface area contributed by atoms with Crippen molar-refractivity contribution in [1.82, 2.24) is 5.16 Å². The molecule has 0 radical (unpaired) electrons. The van der Waals surface area contributed by atoms with E-state index in [0.29, 0.717) is 18.1 Å². The SMILES string of the molecule is O=C(O)c1cc(-c2ccccc2OCCC2CCCCC2)on1. The van der Waals surface area contributed by atoms with Gasteiger partial charge >= 0.3 is 5.97 Å². The summed E-state index contributed by atoms with van der Waals surface area (Å²) in [6, 6.07) is 8.91. The van der Waals surface area contributed by atoms with Crippen LogP contribution >= 0.6 is 0 Å². The number of ether oxygens (including phenoxy) is 1. The van der Waals surface area contributed by atoms with Crippen molar-refractivity contribution in [2.75, 3.05) is 6.61 Å². The fourth-order valence-electron chi connectivity index (χ4n) is 3.11. The molecule has 1 saturated carbocycles. The molecule has 5 nitrogen and oxygen atoms in total. The molecule has 122 valence electrons. The number of aromatic carboxylic acids is 1. The van der Waals surface area contributed by atoms with E-state index < -0.39 is 5.97 Å². The quantitative estimate of drug-likeness (QED) is 0.856. The first kappa shape index (κ1) is 15.6. The first-order chi connectivity index (χ1) is 11.2. The van der Waals surface area contributed by atoms with E-state index in [2.05, 4.69) is 5.16 Å². The van der Waals surface area contributed by atoms with Gasteiger partial charge in [0.15, 0.2) is 11.5 Å². The third-order valence-corrected chi connectivity index (χ3v) is 4.39. The monoisotopic (exact) mass is 315 g/mol. The highest BCUT2D eigenvalue weighted by molar-refractivity contribution is 5.86. The molecule has 1 aromatic heterocycles. The molecule has 0 spiro atoms. The van der Waals surface area contributed by atoms with Gasteiger partial charge < -0.3 is 14.4 Å². The van der Waals surface area contributed by atoms with E-state index >= 15 is 0 Å². The number of para-hydroxylation sites is 1. The van der Waals surface area contributed by atoms with Crippen LogP contribution in [-0.4, -0.2) is 22.8 Å². The van der Waals surface area contributed by atoms with Gasteiger partial charge in [-0.3, -0.25) is 0 Å². The molecule has 3 rings (SSSR count). The molecule has 0 bridgehead atoms. The fraction of sp³-hybridized carbons (Fsp3) is 0.444. The van der Waals surface area contributed by atoms with Gasteiger partial charge in [0.1, 0.15) is 5.75 Å². The van der Waals surface area contributed by atoms with Gasteiger partial charge in [-0.2, -0.15) is 0 Å². The van der Waals surface area contributed by atoms with Crippen molar-refractivity contribution in [2.45, 2.75) is 38.5 Å². The van der Waals surface area contributed by atoms with Gasteiger partial charge in [-0.1, -0.05) is 49.4 Å². The summed E-state index contributed by atoms with van der Waals surface area (Å²) < 4.78 is 11.1. The zero-order valence-electron chi connectivity index (χ0n) is 13.0. The Morgan fingerprint density at radius 2 is 2.04 bits per heavy atom. The third kappa shape index (κ3) is 3.92. The molecule has 1 aliphatic carbocycles. The van der Waals surface area contributed by atoms with Gasteiger partial charge in [-0.05, 0) is 24.5 Å². The van der Waals surface area contributed by atoms with Crippen LogP contribution in [0.5, 0.6) is 5.75 Å². The molecular formula is C18H21NO4. The number of rotatable bonds is 6. The van der Waals surface area contributed by atoms with Crippen molar-refractivity contribution in [3.63, 3.8) is 0 Å². The minimum Gasteiger partial charge on any atom is -0.493 e. The molecule has 1 aliphatic rings. The van der Waals surface area contributed by atoms with E-state index in [1.54, 1.807) is 0 Å². The second-order valence-electron chi connectivity index (χ2n) is 6.02. The summed E-state index contributed by atoms with van der Waals surface area (Å²) in [5, 5.41) is 12.5. The largest absolute Gasteiger partial charge is 0.493 e. The molecule has 5 heteroatoms. The van der Waals surface area contributed by atoms with Crippen LogP contribution < -0.4 is 4.74 Å². The molecule has 1 aromatic carbocycles. The highest BCUT2D eigenvalue weighted by atomic mass is 16.5. The lowest BCUT2D eigenvalue weighted by molar-refractivity contribution is 0.0686. The summed E-state index contributed by atoms with van der Waals surface area (Å²) >= 11 is 0. The molecule has 2 aromatic rings. The van der Waals surface area contributed by atoms with E-state index in [-0.39, 0.29) is 5.69 Å². The number of hydrogen-bond donors (Lipinski definition) is 1. The zero-order chi connectivity index (χ0) is 16.1. The van der Waals surface area contributed by atoms with Crippen molar-refractivity contribution < 1.29 is 19.2 Å². The van der Waals surface area contributed by atoms with E-state index in [1.807, 2.05) is 24.3 Å². The molecule has 1 heterocycles. The van der Waals surface area contributed by atoms with Crippen molar-refractivity contribution in [3.05, 3.63) is 36.0 Å². The predicted molar refractivity (Wildman–Crippen MR) is 85.6 cm³/mol. The predicted octanol–water partition coefficient (Wildman–Crippen LogP) is 4.39. The Morgan fingerprint density at radius 1 is 1.26 bits per heavy atom. The van der Waals surface area contributed by atoms with Crippen LogP contribution in [0, 0.1) is 5.92 Å². The van der Waals surface area contributed by atoms with Crippen LogP contribution in [0.4, 0.5) is 0 Å². The first-order valence-electron chi connectivity index (χ1n) is 8.16. The van der Waals surface area contributed by atoms with Crippen molar-refractivity contribution >= 4 is 5.97 Å². The second kappa shape index (κ2) is 7.31. The van der Waals surface area contributed by atoms with Gasteiger partial charge in [0.2, 0.25) is 0 Å². The molecule has 0 saturated heterocycles. The molecule has 0 atom stereocenters. The lowest BCUT2D eigenvalue weighted by atomic mass is 9.87. The van der Waals surface area contributed by atoms with Crippen LogP contribution in [-0.2, 0) is 0 Å². The molecule has 1 fully saturated rings. The number of carbonyl (C=O) groups is 1. The summed E-state index contributed by atoms with van der Waals surface area (Å²) in [7, 11) is 0. The first-order valence-corrected chi connectivity index (χ1v) is 8.16. The Morgan fingerprint density at radius 3 is 2.78 bits per heavy atom. The lowest BCUT2D eigenvalue weighted by Gasteiger charge is -2.21. The average molecular weight is 315 g/mol. The molecule has 0 amide bonds. The summed E-state index contributed by atoms with van der Waals surface area (Å²) in [5.41, 5.74) is 0.633. The van der Waals surface area contributed by atoms with Crippen molar-refractivity contribution in [2.24, 2.45) is 5.92 Å². The molecule has 0 aliphatic heterocycles. The van der Waals surface area contributed by atoms with Crippen LogP contribution in [0.2, 0.25) is 0 Å². The smallest absolute Gasteiger partial charge is 0.358 e. The number of carboxylic acids is 1. The van der Waals surface area contributed by atoms with Crippen LogP contribution in [0.15, 0.2) is 34.9 Å². The van der Waals surface area contributed by atoms with Crippen LogP contribution in [0.1, 0.15) is 49.0 Å². The Kier molecular flexibility index (Phi) is 4.95. The Labute approximate surface area is 135 Å². The number of aromatic nitrogens is 1. The van der Waals surface area contributed by atoms with E-state index in [1.165, 1.54) is 38.2 Å². The summed E-state index contributed by atoms with van der Waals surface area (Å²) in [5.74, 6) is 0.780. The van der Waals surface area contributed by atoms with Gasteiger partial charge in [0, 0.05) is 6.07 Å². The van der Waals surface area contributed by atoms with Crippen LogP contribution in [0.3, 0.4) is 0 Å². The van der Waals surface area contributed by atoms with Crippen LogP contribution in [0.25, 0.3) is 11.3 Å². The maximum atomic E-state index is 10.9. The van der Waals surface area contributed by atoms with Gasteiger partial charge in [0.25, 0.3) is 0 Å². The minimum atomic E-state index is -1.10. The normalized spacial score (nSPS) is 15.5. The third-order valence-electron chi connectivity index (χ3n) is 4.39. The standard InChI is InChI=1S/C18H21NO4/c20-18(21)15-12-17(23-19-15)14-8-4-5-9-16(14)22-11-10-13-6-2-1-3-7-13/h4-5,8-9,12-13H,1-3,6-7,10-11H2,(H,20,21). The second-order valence-corrected chi connectivity index (χ2v) is 6.02. The number of nitrogens with zero attached hydrogens (tertiary/aromatic N) is 1. The minimum absolute atomic E-state index is 0.1000. The number of hydrogen-bond acceptors (Lipinski definition) is 4. The highest BCUT2D eigenvalue weighted by Gasteiger charge is 2.17. The molecule has 0 unspecified atom stereocenters. The Hall–Kier alpha value is -2.30. The maximum Gasteiger partial charge on any atom is 0.358 e. The van der Waals surface area contributed by atoms with E-state index in [9.17, 15) is 4.79 Å². The molecule has 1 N–H and O–H groups in total. The van der Waals surface area contributed by atoms with Crippen molar-refractivity contribution in [1.29, 1.82) is 0 Å². The number of benzene rings is 1. The van der Waals surface area contributed by atoms with Gasteiger partial charge in [0.05, 0.1) is 12.2 Å². The highest BCUT2D eigenvalue weighted by Crippen LogP contribution is 2.31. The summed E-state index contributed by atoms with van der Waals surface area (Å²) in [6.45, 7) is 0.668. The molecule has 23 heavy (non-hydrogen) atoms. The van der Waals surface area contributed by atoms with Crippen molar-refractivity contribution in [3.8, 4) is 17.1 Å².